The molecule has 3 aromatic carbocycles. The quantitative estimate of drug-likeness (QED) is 0.458. The molecule has 2 aliphatic heterocycles. The zero-order chi connectivity index (χ0) is 26.1. The summed E-state index contributed by atoms with van der Waals surface area (Å²) in [6.45, 7) is 5.97. The number of amidine groups is 1. The molecule has 0 saturated heterocycles. The molecule has 37 heavy (non-hydrogen) atoms. The van der Waals surface area contributed by atoms with E-state index in [1.54, 1.807) is 17.1 Å². The number of aliphatic imine (C=N–C) groups is 1. The van der Waals surface area contributed by atoms with Gasteiger partial charge in [-0.25, -0.2) is 9.40 Å². The van der Waals surface area contributed by atoms with Crippen LogP contribution in [0.15, 0.2) is 76.8 Å². The third-order valence-corrected chi connectivity index (χ3v) is 7.49. The van der Waals surface area contributed by atoms with Crippen molar-refractivity contribution in [3.8, 4) is 0 Å². The molecule has 0 aliphatic carbocycles. The predicted molar refractivity (Wildman–Crippen MR) is 146 cm³/mol. The Kier molecular flexibility index (Phi) is 6.93. The van der Waals surface area contributed by atoms with Gasteiger partial charge < -0.3 is 5.32 Å². The highest BCUT2D eigenvalue weighted by molar-refractivity contribution is 8.15. The van der Waals surface area contributed by atoms with Gasteiger partial charge in [-0.15, -0.1) is 0 Å². The van der Waals surface area contributed by atoms with Gasteiger partial charge in [0.05, 0.1) is 11.8 Å². The fourth-order valence-corrected chi connectivity index (χ4v) is 5.64. The van der Waals surface area contributed by atoms with Gasteiger partial charge in [-0.05, 0) is 67.3 Å². The Morgan fingerprint density at radius 1 is 1.00 bits per heavy atom. The number of nitrogens with one attached hydrogen (secondary N) is 1. The lowest BCUT2D eigenvalue weighted by molar-refractivity contribution is -0.121. The van der Waals surface area contributed by atoms with Crippen LogP contribution in [0.25, 0.3) is 0 Å². The molecule has 2 heterocycles. The van der Waals surface area contributed by atoms with Crippen molar-refractivity contribution >= 4 is 40.1 Å². The largest absolute Gasteiger partial charge is 0.326 e. The minimum absolute atomic E-state index is 0.0149. The van der Waals surface area contributed by atoms with Crippen LogP contribution in [0.3, 0.4) is 0 Å². The Balaban J connectivity index is 1.35. The van der Waals surface area contributed by atoms with Crippen LogP contribution >= 0.6 is 11.8 Å². The number of carbonyl (C=O) groups is 2. The van der Waals surface area contributed by atoms with Gasteiger partial charge in [0.15, 0.2) is 5.17 Å². The lowest BCUT2D eigenvalue weighted by Crippen LogP contribution is -2.25. The third-order valence-electron chi connectivity index (χ3n) is 6.35. The van der Waals surface area contributed by atoms with E-state index in [1.165, 1.54) is 23.9 Å². The van der Waals surface area contributed by atoms with Gasteiger partial charge in [-0.3, -0.25) is 9.59 Å². The summed E-state index contributed by atoms with van der Waals surface area (Å²) in [7, 11) is 0. The van der Waals surface area contributed by atoms with E-state index in [1.807, 2.05) is 63.2 Å². The van der Waals surface area contributed by atoms with Crippen molar-refractivity contribution in [3.05, 3.63) is 100 Å². The maximum atomic E-state index is 13.5. The van der Waals surface area contributed by atoms with Gasteiger partial charge in [0.2, 0.25) is 5.91 Å². The average molecular weight is 515 g/mol. The maximum absolute atomic E-state index is 13.5. The minimum atomic E-state index is -0.621. The lowest BCUT2D eigenvalue weighted by atomic mass is 9.98. The number of benzene rings is 3. The van der Waals surface area contributed by atoms with Crippen molar-refractivity contribution in [2.45, 2.75) is 44.9 Å². The predicted octanol–water partition coefficient (Wildman–Crippen LogP) is 5.93. The maximum Gasteiger partial charge on any atom is 0.262 e. The van der Waals surface area contributed by atoms with Crippen molar-refractivity contribution in [2.24, 2.45) is 10.1 Å². The van der Waals surface area contributed by atoms with Crippen molar-refractivity contribution in [1.82, 2.24) is 5.01 Å². The number of amides is 2. The molecule has 0 radical (unpaired) electrons. The monoisotopic (exact) mass is 514 g/mol. The van der Waals surface area contributed by atoms with Gasteiger partial charge in [0.25, 0.3) is 5.91 Å². The first-order valence-corrected chi connectivity index (χ1v) is 13.0. The second-order valence-electron chi connectivity index (χ2n) is 9.50. The highest BCUT2D eigenvalue weighted by Gasteiger charge is 2.39. The van der Waals surface area contributed by atoms with E-state index in [0.717, 1.165) is 33.5 Å². The van der Waals surface area contributed by atoms with Crippen molar-refractivity contribution < 1.29 is 14.0 Å². The fourth-order valence-electron chi connectivity index (χ4n) is 4.58. The van der Waals surface area contributed by atoms with Crippen LogP contribution in [0.2, 0.25) is 0 Å². The molecule has 1 N–H and O–H groups in total. The van der Waals surface area contributed by atoms with Crippen molar-refractivity contribution in [3.63, 3.8) is 0 Å². The fraction of sp³-hybridized carbons (Fsp3) is 0.241. The molecule has 188 valence electrons. The highest BCUT2D eigenvalue weighted by Crippen LogP contribution is 2.38. The molecular weight excluding hydrogens is 487 g/mol. The molecule has 6 nitrogen and oxygen atoms in total. The van der Waals surface area contributed by atoms with Crippen LogP contribution in [-0.2, 0) is 9.59 Å². The lowest BCUT2D eigenvalue weighted by Gasteiger charge is -2.23. The zero-order valence-electron chi connectivity index (χ0n) is 20.9. The molecule has 0 spiro atoms. The number of anilines is 1. The molecule has 0 fully saturated rings. The zero-order valence-corrected chi connectivity index (χ0v) is 21.7. The third kappa shape index (κ3) is 5.64. The number of rotatable bonds is 5. The molecule has 3 aromatic rings. The molecule has 2 aliphatic rings. The first kappa shape index (κ1) is 24.9. The average Bonchev–Trinajstić information content (AvgIpc) is 3.43. The molecule has 0 unspecified atom stereocenters. The summed E-state index contributed by atoms with van der Waals surface area (Å²) in [4.78, 5) is 29.9. The molecule has 2 amide bonds. The Bertz CT molecular complexity index is 1400. The molecule has 2 atom stereocenters. The second-order valence-corrected chi connectivity index (χ2v) is 10.7. The first-order valence-electron chi connectivity index (χ1n) is 12.1. The summed E-state index contributed by atoms with van der Waals surface area (Å²) < 4.78 is 13.5. The molecule has 5 rings (SSSR count). The van der Waals surface area contributed by atoms with Crippen LogP contribution in [0.5, 0.6) is 0 Å². The van der Waals surface area contributed by atoms with Gasteiger partial charge in [-0.2, -0.15) is 10.1 Å². The van der Waals surface area contributed by atoms with E-state index in [-0.39, 0.29) is 30.1 Å². The molecule has 8 heteroatoms. The number of carbonyl (C=O) groups excluding carboxylic acids is 2. The molecule has 0 saturated carbocycles. The van der Waals surface area contributed by atoms with Crippen LogP contribution in [0.4, 0.5) is 10.1 Å². The van der Waals surface area contributed by atoms with Crippen LogP contribution in [-0.4, -0.2) is 33.0 Å². The first-order chi connectivity index (χ1) is 17.7. The van der Waals surface area contributed by atoms with Gasteiger partial charge in [0.1, 0.15) is 11.1 Å². The van der Waals surface area contributed by atoms with Crippen LogP contribution in [0, 0.1) is 26.6 Å². The summed E-state index contributed by atoms with van der Waals surface area (Å²) in [6.07, 6.45) is 0.599. The summed E-state index contributed by atoms with van der Waals surface area (Å²) in [5.74, 6) is -0.888. The standard InChI is InChI=1S/C29H27FN4O2S/c1-17-4-6-21(7-5-17)25-15-24(20-8-10-22(30)11-9-20)33-34(25)29-32-28(36)26(37-29)16-27(35)31-23-13-18(2)12-19(3)14-23/h4-14,25-26H,15-16H2,1-3H3,(H,31,35)/t25-,26+/m1/s1. The number of nitrogens with zero attached hydrogens (tertiary/aromatic N) is 3. The Morgan fingerprint density at radius 3 is 2.35 bits per heavy atom. The summed E-state index contributed by atoms with van der Waals surface area (Å²) in [6, 6.07) is 20.1. The Labute approximate surface area is 219 Å². The summed E-state index contributed by atoms with van der Waals surface area (Å²) in [5, 5.41) is 9.33. The smallest absolute Gasteiger partial charge is 0.262 e. The second kappa shape index (κ2) is 10.3. The van der Waals surface area contributed by atoms with E-state index in [0.29, 0.717) is 17.3 Å². The van der Waals surface area contributed by atoms with E-state index in [4.69, 9.17) is 5.10 Å². The SMILES string of the molecule is Cc1ccc([C@H]2CC(c3ccc(F)cc3)=NN2C2=NC(=O)[C@H](CC(=O)Nc3cc(C)cc(C)c3)S2)cc1. The van der Waals surface area contributed by atoms with Gasteiger partial charge >= 0.3 is 0 Å². The van der Waals surface area contributed by atoms with E-state index in [2.05, 4.69) is 10.3 Å². The van der Waals surface area contributed by atoms with E-state index < -0.39 is 5.25 Å². The van der Waals surface area contributed by atoms with Gasteiger partial charge in [0, 0.05) is 18.5 Å². The normalized spacial score (nSPS) is 19.1. The highest BCUT2D eigenvalue weighted by atomic mass is 32.2. The Morgan fingerprint density at radius 2 is 1.68 bits per heavy atom. The van der Waals surface area contributed by atoms with Gasteiger partial charge in [-0.1, -0.05) is 59.8 Å². The number of halogens is 1. The van der Waals surface area contributed by atoms with Crippen LogP contribution < -0.4 is 5.32 Å². The topological polar surface area (TPSA) is 74.1 Å². The van der Waals surface area contributed by atoms with E-state index in [9.17, 15) is 14.0 Å². The molecule has 0 aromatic heterocycles. The number of thioether (sulfide) groups is 1. The summed E-state index contributed by atoms with van der Waals surface area (Å²) >= 11 is 1.26. The van der Waals surface area contributed by atoms with Crippen LogP contribution in [0.1, 0.15) is 46.7 Å². The van der Waals surface area contributed by atoms with Crippen molar-refractivity contribution in [1.29, 1.82) is 0 Å². The van der Waals surface area contributed by atoms with Crippen molar-refractivity contribution in [2.75, 3.05) is 5.32 Å². The number of aryl methyl sites for hydroxylation is 3. The molecule has 0 bridgehead atoms. The number of hydrazone groups is 1. The minimum Gasteiger partial charge on any atom is -0.326 e. The number of hydrogen-bond donors (Lipinski definition) is 1. The number of hydrogen-bond acceptors (Lipinski definition) is 5. The summed E-state index contributed by atoms with van der Waals surface area (Å²) in [5.41, 5.74) is 6.62. The van der Waals surface area contributed by atoms with E-state index >= 15 is 0 Å². The Hall–Kier alpha value is -3.78. The molecular formula is C29H27FN4O2S.